The van der Waals surface area contributed by atoms with Crippen LogP contribution in [0.4, 0.5) is 28.4 Å². The lowest BCUT2D eigenvalue weighted by Gasteiger charge is -2.28. The van der Waals surface area contributed by atoms with E-state index in [1.54, 1.807) is 0 Å². The highest BCUT2D eigenvalue weighted by atomic mass is 16.3. The molecule has 10 aromatic carbocycles. The van der Waals surface area contributed by atoms with E-state index in [0.717, 1.165) is 61.5 Å². The molecule has 0 bridgehead atoms. The number of nitrogens with one attached hydrogen (secondary N) is 1. The molecule has 304 valence electrons. The van der Waals surface area contributed by atoms with Crippen LogP contribution >= 0.6 is 0 Å². The van der Waals surface area contributed by atoms with Gasteiger partial charge >= 0.3 is 0 Å². The van der Waals surface area contributed by atoms with Gasteiger partial charge in [0.2, 0.25) is 0 Å². The van der Waals surface area contributed by atoms with Crippen LogP contribution in [0.3, 0.4) is 0 Å². The first kappa shape index (κ1) is 37.6. The van der Waals surface area contributed by atoms with Gasteiger partial charge < -0.3 is 14.6 Å². The first-order chi connectivity index (χ1) is 31.5. The van der Waals surface area contributed by atoms with Crippen molar-refractivity contribution in [2.75, 3.05) is 10.2 Å². The Morgan fingerprint density at radius 3 is 1.80 bits per heavy atom. The van der Waals surface area contributed by atoms with Gasteiger partial charge in [-0.15, -0.1) is 0 Å². The van der Waals surface area contributed by atoms with E-state index in [0.29, 0.717) is 0 Å². The average Bonchev–Trinajstić information content (AvgIpc) is 3.84. The minimum absolute atomic E-state index is 0.238. The molecule has 11 aromatic rings. The molecule has 0 fully saturated rings. The van der Waals surface area contributed by atoms with E-state index in [2.05, 4.69) is 236 Å². The van der Waals surface area contributed by atoms with Crippen molar-refractivity contribution in [2.45, 2.75) is 19.3 Å². The Bertz CT molecular complexity index is 3550. The van der Waals surface area contributed by atoms with E-state index in [1.165, 1.54) is 55.3 Å². The standard InChI is InChI=1S/C61H44N2O/c1-61(2)56-38-46(62-58-21-10-8-17-50(58)42-14-4-3-5-15-42)29-35-52(56)53-36-34-49(39-57(53)61)63(47-30-25-41(26-31-47)45-24-23-40-13-6-7-16-44(40)37-45)48-32-27-43(28-33-48)51-19-12-20-55-54-18-9-11-22-59(54)64-60(51)55/h3-39,62H,1-2H3. The summed E-state index contributed by atoms with van der Waals surface area (Å²) in [6, 6.07) is 81.0. The molecule has 1 aliphatic carbocycles. The maximum atomic E-state index is 6.46. The maximum absolute atomic E-state index is 6.46. The van der Waals surface area contributed by atoms with Crippen LogP contribution in [0.5, 0.6) is 0 Å². The minimum Gasteiger partial charge on any atom is -0.455 e. The lowest BCUT2D eigenvalue weighted by Crippen LogP contribution is -2.16. The zero-order valence-electron chi connectivity index (χ0n) is 35.7. The van der Waals surface area contributed by atoms with E-state index < -0.39 is 0 Å². The van der Waals surface area contributed by atoms with Gasteiger partial charge in [-0.3, -0.25) is 0 Å². The average molecular weight is 821 g/mol. The molecule has 0 spiro atoms. The second kappa shape index (κ2) is 15.0. The quantitative estimate of drug-likeness (QED) is 0.166. The Morgan fingerprint density at radius 2 is 0.984 bits per heavy atom. The number of furan rings is 1. The van der Waals surface area contributed by atoms with E-state index >= 15 is 0 Å². The van der Waals surface area contributed by atoms with Crippen LogP contribution in [0.1, 0.15) is 25.0 Å². The number of rotatable bonds is 8. The molecule has 1 heterocycles. The summed E-state index contributed by atoms with van der Waals surface area (Å²) >= 11 is 0. The molecule has 1 N–H and O–H groups in total. The van der Waals surface area contributed by atoms with Crippen molar-refractivity contribution < 1.29 is 4.42 Å². The minimum atomic E-state index is -0.238. The molecular weight excluding hydrogens is 777 g/mol. The van der Waals surface area contributed by atoms with Crippen LogP contribution in [0.15, 0.2) is 229 Å². The summed E-state index contributed by atoms with van der Waals surface area (Å²) in [5, 5.41) is 8.54. The van der Waals surface area contributed by atoms with Gasteiger partial charge in [0.25, 0.3) is 0 Å². The molecule has 3 heteroatoms. The van der Waals surface area contributed by atoms with Gasteiger partial charge in [-0.2, -0.15) is 0 Å². The summed E-state index contributed by atoms with van der Waals surface area (Å²) in [6.07, 6.45) is 0. The summed E-state index contributed by atoms with van der Waals surface area (Å²) in [4.78, 5) is 2.39. The van der Waals surface area contributed by atoms with Gasteiger partial charge in [-0.1, -0.05) is 172 Å². The van der Waals surface area contributed by atoms with Crippen molar-refractivity contribution in [2.24, 2.45) is 0 Å². The molecule has 1 aromatic heterocycles. The molecule has 0 atom stereocenters. The summed E-state index contributed by atoms with van der Waals surface area (Å²) in [6.45, 7) is 4.72. The fourth-order valence-corrected chi connectivity index (χ4v) is 9.94. The van der Waals surface area contributed by atoms with Crippen LogP contribution in [0.25, 0.3) is 77.2 Å². The van der Waals surface area contributed by atoms with Gasteiger partial charge in [-0.25, -0.2) is 0 Å². The first-order valence-corrected chi connectivity index (χ1v) is 22.1. The molecule has 12 rings (SSSR count). The van der Waals surface area contributed by atoms with Crippen LogP contribution in [-0.4, -0.2) is 0 Å². The number of para-hydroxylation sites is 3. The van der Waals surface area contributed by atoms with E-state index in [4.69, 9.17) is 4.42 Å². The lowest BCUT2D eigenvalue weighted by molar-refractivity contribution is 0.660. The second-order valence-corrected chi connectivity index (χ2v) is 17.4. The third-order valence-corrected chi connectivity index (χ3v) is 13.3. The normalized spacial score (nSPS) is 12.7. The molecule has 0 aliphatic heterocycles. The molecule has 1 aliphatic rings. The Hall–Kier alpha value is -8.14. The molecule has 0 amide bonds. The molecular formula is C61H44N2O. The highest BCUT2D eigenvalue weighted by molar-refractivity contribution is 6.09. The van der Waals surface area contributed by atoms with Gasteiger partial charge in [-0.05, 0) is 122 Å². The van der Waals surface area contributed by atoms with Crippen molar-refractivity contribution in [3.8, 4) is 44.5 Å². The Labute approximate surface area is 373 Å². The van der Waals surface area contributed by atoms with Crippen LogP contribution in [0, 0.1) is 0 Å². The predicted octanol–water partition coefficient (Wildman–Crippen LogP) is 17.3. The molecule has 3 nitrogen and oxygen atoms in total. The Morgan fingerprint density at radius 1 is 0.391 bits per heavy atom. The van der Waals surface area contributed by atoms with Crippen molar-refractivity contribution in [1.29, 1.82) is 0 Å². The van der Waals surface area contributed by atoms with E-state index in [-0.39, 0.29) is 5.41 Å². The third-order valence-electron chi connectivity index (χ3n) is 13.3. The predicted molar refractivity (Wildman–Crippen MR) is 270 cm³/mol. The summed E-state index contributed by atoms with van der Waals surface area (Å²) < 4.78 is 6.46. The van der Waals surface area contributed by atoms with Gasteiger partial charge in [0.05, 0.1) is 0 Å². The smallest absolute Gasteiger partial charge is 0.143 e. The number of fused-ring (bicyclic) bond motifs is 7. The second-order valence-electron chi connectivity index (χ2n) is 17.4. The summed E-state index contributed by atoms with van der Waals surface area (Å²) in [7, 11) is 0. The van der Waals surface area contributed by atoms with Crippen molar-refractivity contribution in [1.82, 2.24) is 0 Å². The number of hydrogen-bond donors (Lipinski definition) is 1. The van der Waals surface area contributed by atoms with E-state index in [9.17, 15) is 0 Å². The molecule has 64 heavy (non-hydrogen) atoms. The highest BCUT2D eigenvalue weighted by Crippen LogP contribution is 2.52. The van der Waals surface area contributed by atoms with Gasteiger partial charge in [0, 0.05) is 55.8 Å². The van der Waals surface area contributed by atoms with Crippen LogP contribution < -0.4 is 10.2 Å². The highest BCUT2D eigenvalue weighted by Gasteiger charge is 2.36. The molecule has 0 unspecified atom stereocenters. The third kappa shape index (κ3) is 6.36. The SMILES string of the molecule is CC1(C)c2cc(Nc3ccccc3-c3ccccc3)ccc2-c2ccc(N(c3ccc(-c4ccc5ccccc5c4)cc3)c3ccc(-c4cccc5c4oc4ccccc45)cc3)cc21. The van der Waals surface area contributed by atoms with Crippen LogP contribution in [-0.2, 0) is 5.41 Å². The summed E-state index contributed by atoms with van der Waals surface area (Å²) in [5.74, 6) is 0. The monoisotopic (exact) mass is 820 g/mol. The fourth-order valence-electron chi connectivity index (χ4n) is 9.94. The summed E-state index contributed by atoms with van der Waals surface area (Å²) in [5.41, 5.74) is 19.2. The lowest BCUT2D eigenvalue weighted by atomic mass is 9.82. The zero-order chi connectivity index (χ0) is 42.8. The van der Waals surface area contributed by atoms with Crippen molar-refractivity contribution in [3.05, 3.63) is 236 Å². The van der Waals surface area contributed by atoms with Crippen LogP contribution in [0.2, 0.25) is 0 Å². The maximum Gasteiger partial charge on any atom is 0.143 e. The largest absolute Gasteiger partial charge is 0.455 e. The van der Waals surface area contributed by atoms with Gasteiger partial charge in [0.15, 0.2) is 0 Å². The molecule has 0 saturated carbocycles. The first-order valence-electron chi connectivity index (χ1n) is 22.1. The Kier molecular flexibility index (Phi) is 8.84. The fraction of sp³-hybridized carbons (Fsp3) is 0.0492. The molecule has 0 saturated heterocycles. The zero-order valence-corrected chi connectivity index (χ0v) is 35.7. The molecule has 0 radical (unpaired) electrons. The number of hydrogen-bond acceptors (Lipinski definition) is 3. The Balaban J connectivity index is 0.925. The topological polar surface area (TPSA) is 28.4 Å². The van der Waals surface area contributed by atoms with E-state index in [1.807, 2.05) is 12.1 Å². The van der Waals surface area contributed by atoms with Crippen molar-refractivity contribution in [3.63, 3.8) is 0 Å². The number of nitrogens with zero attached hydrogens (tertiary/aromatic N) is 1. The van der Waals surface area contributed by atoms with Crippen molar-refractivity contribution >= 4 is 61.1 Å². The van der Waals surface area contributed by atoms with Gasteiger partial charge in [0.1, 0.15) is 11.2 Å². The number of anilines is 5. The number of benzene rings is 10.